The molecule has 0 heterocycles. The Bertz CT molecular complexity index is 431. The van der Waals surface area contributed by atoms with Crippen LogP contribution in [0.4, 0.5) is 0 Å². The standard InChI is InChI=1S/C13H17NO3/c1-8-5-4-6-9(2)10(8)7-13(3,11(14)15)12(16)17/h4-6H,7H2,1-3H3,(H2,14,15)(H,16,17). The molecule has 92 valence electrons. The molecule has 0 aliphatic heterocycles. The van der Waals surface area contributed by atoms with E-state index in [1.165, 1.54) is 6.92 Å². The fourth-order valence-corrected chi connectivity index (χ4v) is 1.75. The van der Waals surface area contributed by atoms with Crippen molar-refractivity contribution in [1.29, 1.82) is 0 Å². The van der Waals surface area contributed by atoms with Crippen LogP contribution in [0.3, 0.4) is 0 Å². The van der Waals surface area contributed by atoms with E-state index in [0.717, 1.165) is 16.7 Å². The molecule has 0 fully saturated rings. The molecule has 1 unspecified atom stereocenters. The molecule has 1 atom stereocenters. The summed E-state index contributed by atoms with van der Waals surface area (Å²) in [4.78, 5) is 22.5. The van der Waals surface area contributed by atoms with Gasteiger partial charge in [-0.05, 0) is 43.9 Å². The number of amides is 1. The van der Waals surface area contributed by atoms with Crippen molar-refractivity contribution < 1.29 is 14.7 Å². The number of benzene rings is 1. The number of carbonyl (C=O) groups excluding carboxylic acids is 1. The first-order valence-corrected chi connectivity index (χ1v) is 5.37. The summed E-state index contributed by atoms with van der Waals surface area (Å²) in [7, 11) is 0. The zero-order valence-corrected chi connectivity index (χ0v) is 10.3. The third-order valence-corrected chi connectivity index (χ3v) is 3.19. The molecule has 0 aliphatic rings. The van der Waals surface area contributed by atoms with Gasteiger partial charge in [0.25, 0.3) is 0 Å². The average Bonchev–Trinajstić information content (AvgIpc) is 2.22. The number of rotatable bonds is 4. The average molecular weight is 235 g/mol. The Hall–Kier alpha value is -1.84. The third kappa shape index (κ3) is 2.46. The first-order chi connectivity index (χ1) is 7.79. The largest absolute Gasteiger partial charge is 0.480 e. The first-order valence-electron chi connectivity index (χ1n) is 5.37. The van der Waals surface area contributed by atoms with Crippen LogP contribution in [-0.4, -0.2) is 17.0 Å². The van der Waals surface area contributed by atoms with Crippen molar-refractivity contribution in [3.05, 3.63) is 34.9 Å². The number of hydrogen-bond donors (Lipinski definition) is 2. The Labute approximate surface area is 100 Å². The Morgan fingerprint density at radius 3 is 2.12 bits per heavy atom. The molecule has 1 aromatic rings. The number of aliphatic carboxylic acids is 1. The highest BCUT2D eigenvalue weighted by molar-refractivity contribution is 6.01. The van der Waals surface area contributed by atoms with Gasteiger partial charge in [0.2, 0.25) is 5.91 Å². The van der Waals surface area contributed by atoms with E-state index in [4.69, 9.17) is 10.8 Å². The van der Waals surface area contributed by atoms with Crippen LogP contribution in [0, 0.1) is 19.3 Å². The molecule has 0 bridgehead atoms. The highest BCUT2D eigenvalue weighted by atomic mass is 16.4. The third-order valence-electron chi connectivity index (χ3n) is 3.19. The molecule has 0 saturated heterocycles. The maximum atomic E-state index is 11.3. The van der Waals surface area contributed by atoms with Crippen molar-refractivity contribution in [2.45, 2.75) is 27.2 Å². The second-order valence-electron chi connectivity index (χ2n) is 4.55. The lowest BCUT2D eigenvalue weighted by atomic mass is 9.80. The molecular weight excluding hydrogens is 218 g/mol. The Morgan fingerprint density at radius 1 is 1.29 bits per heavy atom. The molecule has 1 amide bonds. The predicted molar refractivity (Wildman–Crippen MR) is 64.6 cm³/mol. The highest BCUT2D eigenvalue weighted by Gasteiger charge is 2.40. The van der Waals surface area contributed by atoms with E-state index in [0.29, 0.717) is 0 Å². The number of carbonyl (C=O) groups is 2. The van der Waals surface area contributed by atoms with E-state index >= 15 is 0 Å². The number of hydrogen-bond acceptors (Lipinski definition) is 2. The first kappa shape index (κ1) is 13.2. The molecule has 0 saturated carbocycles. The molecule has 17 heavy (non-hydrogen) atoms. The van der Waals surface area contributed by atoms with Gasteiger partial charge in [-0.2, -0.15) is 0 Å². The van der Waals surface area contributed by atoms with Crippen LogP contribution in [0.15, 0.2) is 18.2 Å². The summed E-state index contributed by atoms with van der Waals surface area (Å²) in [5.74, 6) is -2.00. The molecule has 1 aromatic carbocycles. The fraction of sp³-hybridized carbons (Fsp3) is 0.385. The van der Waals surface area contributed by atoms with Gasteiger partial charge in [-0.3, -0.25) is 9.59 Å². The van der Waals surface area contributed by atoms with Crippen molar-refractivity contribution in [1.82, 2.24) is 0 Å². The van der Waals surface area contributed by atoms with E-state index < -0.39 is 17.3 Å². The molecule has 3 N–H and O–H groups in total. The molecule has 4 heteroatoms. The van der Waals surface area contributed by atoms with E-state index in [-0.39, 0.29) is 6.42 Å². The molecule has 1 rings (SSSR count). The van der Waals surface area contributed by atoms with Gasteiger partial charge < -0.3 is 10.8 Å². The minimum Gasteiger partial charge on any atom is -0.480 e. The van der Waals surface area contributed by atoms with E-state index in [9.17, 15) is 9.59 Å². The molecule has 0 spiro atoms. The van der Waals surface area contributed by atoms with Crippen molar-refractivity contribution >= 4 is 11.9 Å². The molecule has 0 radical (unpaired) electrons. The van der Waals surface area contributed by atoms with Crippen molar-refractivity contribution in [3.8, 4) is 0 Å². The second kappa shape index (κ2) is 4.57. The van der Waals surface area contributed by atoms with E-state index in [1.807, 2.05) is 32.0 Å². The summed E-state index contributed by atoms with van der Waals surface area (Å²) in [6.07, 6.45) is 0.121. The normalized spacial score (nSPS) is 14.1. The van der Waals surface area contributed by atoms with Gasteiger partial charge in [0.1, 0.15) is 5.41 Å². The van der Waals surface area contributed by atoms with Crippen molar-refractivity contribution in [3.63, 3.8) is 0 Å². The van der Waals surface area contributed by atoms with Gasteiger partial charge in [0.15, 0.2) is 0 Å². The van der Waals surface area contributed by atoms with Crippen molar-refractivity contribution in [2.75, 3.05) is 0 Å². The molecular formula is C13H17NO3. The van der Waals surface area contributed by atoms with Gasteiger partial charge in [-0.1, -0.05) is 18.2 Å². The smallest absolute Gasteiger partial charge is 0.319 e. The van der Waals surface area contributed by atoms with Crippen LogP contribution in [-0.2, 0) is 16.0 Å². The monoisotopic (exact) mass is 235 g/mol. The maximum absolute atomic E-state index is 11.3. The van der Waals surface area contributed by atoms with Crippen LogP contribution in [0.1, 0.15) is 23.6 Å². The number of carboxylic acid groups (broad SMARTS) is 1. The van der Waals surface area contributed by atoms with Crippen LogP contribution >= 0.6 is 0 Å². The SMILES string of the molecule is Cc1cccc(C)c1CC(C)(C(N)=O)C(=O)O. The predicted octanol–water partition coefficient (Wildman–Crippen LogP) is 1.42. The van der Waals surface area contributed by atoms with Crippen LogP contribution in [0.2, 0.25) is 0 Å². The summed E-state index contributed by atoms with van der Waals surface area (Å²) in [6, 6.07) is 5.69. The van der Waals surface area contributed by atoms with Crippen LogP contribution < -0.4 is 5.73 Å². The molecule has 0 aromatic heterocycles. The Balaban J connectivity index is 3.20. The minimum atomic E-state index is -1.56. The van der Waals surface area contributed by atoms with E-state index in [1.54, 1.807) is 0 Å². The molecule has 0 aliphatic carbocycles. The van der Waals surface area contributed by atoms with Gasteiger partial charge in [-0.15, -0.1) is 0 Å². The summed E-state index contributed by atoms with van der Waals surface area (Å²) < 4.78 is 0. The topological polar surface area (TPSA) is 80.4 Å². The lowest BCUT2D eigenvalue weighted by molar-refractivity contribution is -0.153. The number of aryl methyl sites for hydroxylation is 2. The van der Waals surface area contributed by atoms with Gasteiger partial charge in [-0.25, -0.2) is 0 Å². The fourth-order valence-electron chi connectivity index (χ4n) is 1.75. The summed E-state index contributed by atoms with van der Waals surface area (Å²) in [6.45, 7) is 5.15. The summed E-state index contributed by atoms with van der Waals surface area (Å²) >= 11 is 0. The Kier molecular flexibility index (Phi) is 3.56. The summed E-state index contributed by atoms with van der Waals surface area (Å²) in [5.41, 5.74) is 6.46. The van der Waals surface area contributed by atoms with Crippen molar-refractivity contribution in [2.24, 2.45) is 11.1 Å². The highest BCUT2D eigenvalue weighted by Crippen LogP contribution is 2.26. The zero-order valence-electron chi connectivity index (χ0n) is 10.3. The number of primary amides is 1. The van der Waals surface area contributed by atoms with Gasteiger partial charge in [0.05, 0.1) is 0 Å². The maximum Gasteiger partial charge on any atom is 0.319 e. The quantitative estimate of drug-likeness (QED) is 0.774. The molecule has 4 nitrogen and oxygen atoms in total. The van der Waals surface area contributed by atoms with Crippen LogP contribution in [0.5, 0.6) is 0 Å². The van der Waals surface area contributed by atoms with Gasteiger partial charge >= 0.3 is 5.97 Å². The minimum absolute atomic E-state index is 0.121. The summed E-state index contributed by atoms with van der Waals surface area (Å²) in [5, 5.41) is 9.15. The lowest BCUT2D eigenvalue weighted by Crippen LogP contribution is -2.43. The lowest BCUT2D eigenvalue weighted by Gasteiger charge is -2.23. The van der Waals surface area contributed by atoms with Gasteiger partial charge in [0, 0.05) is 0 Å². The van der Waals surface area contributed by atoms with E-state index in [2.05, 4.69) is 0 Å². The number of carboxylic acids is 1. The second-order valence-corrected chi connectivity index (χ2v) is 4.55. The Morgan fingerprint density at radius 2 is 1.76 bits per heavy atom. The number of nitrogens with two attached hydrogens (primary N) is 1. The zero-order chi connectivity index (χ0) is 13.2. The van der Waals surface area contributed by atoms with Crippen LogP contribution in [0.25, 0.3) is 0 Å².